The normalized spacial score (nSPS) is 14.3. The zero-order valence-corrected chi connectivity index (χ0v) is 7.37. The predicted octanol–water partition coefficient (Wildman–Crippen LogP) is 0.488. The van der Waals surface area contributed by atoms with E-state index in [0.29, 0.717) is 5.92 Å². The molecule has 11 heavy (non-hydrogen) atoms. The van der Waals surface area contributed by atoms with Gasteiger partial charge in [0.15, 0.2) is 0 Å². The van der Waals surface area contributed by atoms with E-state index in [1.165, 1.54) is 0 Å². The van der Waals surface area contributed by atoms with E-state index in [4.69, 9.17) is 10.9 Å². The Bertz CT molecular complexity index is 107. The molecule has 0 saturated carbocycles. The fraction of sp³-hybridized carbons (Fsp3) is 0.857. The van der Waals surface area contributed by atoms with Gasteiger partial charge in [-0.15, -0.1) is 0 Å². The van der Waals surface area contributed by atoms with Gasteiger partial charge in [-0.25, -0.2) is 5.90 Å². The van der Waals surface area contributed by atoms with Crippen molar-refractivity contribution in [2.45, 2.75) is 27.2 Å². The summed E-state index contributed by atoms with van der Waals surface area (Å²) < 4.78 is 0. The summed E-state index contributed by atoms with van der Waals surface area (Å²) in [6, 6.07) is 0. The lowest BCUT2D eigenvalue weighted by Crippen LogP contribution is -2.25. The van der Waals surface area contributed by atoms with Gasteiger partial charge in [0.2, 0.25) is 5.91 Å². The Morgan fingerprint density at radius 1 is 1.45 bits per heavy atom. The Hall–Kier alpha value is -0.610. The zero-order valence-electron chi connectivity index (χ0n) is 7.37. The third-order valence-electron chi connectivity index (χ3n) is 1.95. The lowest BCUT2D eigenvalue weighted by Gasteiger charge is -2.13. The van der Waals surface area contributed by atoms with Crippen LogP contribution >= 0.6 is 0 Å². The van der Waals surface area contributed by atoms with Crippen LogP contribution < -0.4 is 11.6 Å². The van der Waals surface area contributed by atoms with Crippen molar-refractivity contribution in [3.05, 3.63) is 0 Å². The Morgan fingerprint density at radius 3 is 1.91 bits per heavy atom. The van der Waals surface area contributed by atoms with Crippen LogP contribution in [0.25, 0.3) is 0 Å². The summed E-state index contributed by atoms with van der Waals surface area (Å²) in [5, 5.41) is 6.50. The fourth-order valence-corrected chi connectivity index (χ4v) is 0.634. The number of nitrogens with two attached hydrogens (primary N) is 2. The highest BCUT2D eigenvalue weighted by molar-refractivity contribution is 5.76. The van der Waals surface area contributed by atoms with Gasteiger partial charge in [0.05, 0.1) is 0 Å². The molecular weight excluding hydrogens is 144 g/mol. The standard InChI is InChI=1S/C7H15NO.H3NO/c1-4-5(2)6(3)7(8)9;1-2/h5-6H,4H2,1-3H3,(H2,8,9);2H,1H2. The minimum absolute atomic E-state index is 0.0231. The minimum atomic E-state index is -0.190. The molecule has 0 spiro atoms. The van der Waals surface area contributed by atoms with Crippen LogP contribution in [0.3, 0.4) is 0 Å². The SMILES string of the molecule is CCC(C)C(C)C(N)=O.NO. The monoisotopic (exact) mass is 162 g/mol. The molecule has 0 aromatic heterocycles. The second kappa shape index (κ2) is 7.50. The van der Waals surface area contributed by atoms with Gasteiger partial charge in [0.1, 0.15) is 0 Å². The quantitative estimate of drug-likeness (QED) is 0.527. The van der Waals surface area contributed by atoms with Crippen molar-refractivity contribution in [1.82, 2.24) is 0 Å². The molecule has 5 N–H and O–H groups in total. The minimum Gasteiger partial charge on any atom is -0.369 e. The van der Waals surface area contributed by atoms with E-state index in [0.717, 1.165) is 6.42 Å². The molecule has 0 aliphatic heterocycles. The van der Waals surface area contributed by atoms with E-state index in [2.05, 4.69) is 12.8 Å². The second-order valence-electron chi connectivity index (χ2n) is 2.58. The van der Waals surface area contributed by atoms with Gasteiger partial charge in [-0.1, -0.05) is 27.2 Å². The molecule has 0 aromatic carbocycles. The first-order valence-corrected chi connectivity index (χ1v) is 3.64. The lowest BCUT2D eigenvalue weighted by atomic mass is 9.93. The number of carbonyl (C=O) groups is 1. The molecule has 0 heterocycles. The van der Waals surface area contributed by atoms with Crippen molar-refractivity contribution < 1.29 is 10.0 Å². The molecule has 0 bridgehead atoms. The number of hydrogen-bond donors (Lipinski definition) is 3. The van der Waals surface area contributed by atoms with E-state index >= 15 is 0 Å². The van der Waals surface area contributed by atoms with Crippen LogP contribution in [0.2, 0.25) is 0 Å². The summed E-state index contributed by atoms with van der Waals surface area (Å²) >= 11 is 0. The summed E-state index contributed by atoms with van der Waals surface area (Å²) in [4.78, 5) is 10.5. The first kappa shape index (κ1) is 13.0. The Kier molecular flexibility index (Phi) is 8.87. The first-order chi connectivity index (χ1) is 5.09. The topological polar surface area (TPSA) is 89.3 Å². The number of carbonyl (C=O) groups excluding carboxylic acids is 1. The van der Waals surface area contributed by atoms with Gasteiger partial charge in [-0.05, 0) is 5.92 Å². The van der Waals surface area contributed by atoms with E-state index in [-0.39, 0.29) is 11.8 Å². The maximum atomic E-state index is 10.5. The summed E-state index contributed by atoms with van der Waals surface area (Å²) in [5.74, 6) is 3.75. The predicted molar refractivity (Wildman–Crippen MR) is 43.8 cm³/mol. The zero-order chi connectivity index (χ0) is 9.44. The average Bonchev–Trinajstić information content (AvgIpc) is 2.05. The maximum absolute atomic E-state index is 10.5. The second-order valence-corrected chi connectivity index (χ2v) is 2.58. The van der Waals surface area contributed by atoms with Gasteiger partial charge in [0.25, 0.3) is 0 Å². The lowest BCUT2D eigenvalue weighted by molar-refractivity contribution is -0.122. The van der Waals surface area contributed by atoms with Gasteiger partial charge in [-0.3, -0.25) is 4.79 Å². The Morgan fingerprint density at radius 2 is 1.82 bits per heavy atom. The van der Waals surface area contributed by atoms with Crippen LogP contribution in [-0.2, 0) is 4.79 Å². The highest BCUT2D eigenvalue weighted by atomic mass is 16.4. The van der Waals surface area contributed by atoms with Crippen molar-refractivity contribution >= 4 is 5.91 Å². The molecule has 0 aliphatic carbocycles. The molecule has 0 aliphatic rings. The van der Waals surface area contributed by atoms with Gasteiger partial charge < -0.3 is 10.9 Å². The number of hydrogen-bond acceptors (Lipinski definition) is 3. The molecule has 0 aromatic rings. The molecule has 0 saturated heterocycles. The van der Waals surface area contributed by atoms with Crippen molar-refractivity contribution in [2.24, 2.45) is 23.5 Å². The molecule has 2 unspecified atom stereocenters. The third kappa shape index (κ3) is 5.82. The molecule has 0 radical (unpaired) electrons. The largest absolute Gasteiger partial charge is 0.369 e. The molecule has 1 amide bonds. The van der Waals surface area contributed by atoms with E-state index in [1.54, 1.807) is 0 Å². The average molecular weight is 162 g/mol. The Labute approximate surface area is 67.5 Å². The number of rotatable bonds is 3. The Balaban J connectivity index is 0. The van der Waals surface area contributed by atoms with Gasteiger partial charge >= 0.3 is 0 Å². The molecule has 2 atom stereocenters. The van der Waals surface area contributed by atoms with E-state index in [1.807, 2.05) is 13.8 Å². The third-order valence-corrected chi connectivity index (χ3v) is 1.95. The highest BCUT2D eigenvalue weighted by Gasteiger charge is 2.14. The first-order valence-electron chi connectivity index (χ1n) is 3.64. The van der Waals surface area contributed by atoms with E-state index < -0.39 is 0 Å². The summed E-state index contributed by atoms with van der Waals surface area (Å²) in [7, 11) is 0. The van der Waals surface area contributed by atoms with Crippen LogP contribution in [0.1, 0.15) is 27.2 Å². The molecule has 0 fully saturated rings. The van der Waals surface area contributed by atoms with Crippen LogP contribution in [0.4, 0.5) is 0 Å². The molecule has 4 nitrogen and oxygen atoms in total. The van der Waals surface area contributed by atoms with Crippen molar-refractivity contribution in [2.75, 3.05) is 0 Å². The molecule has 4 heteroatoms. The molecular formula is C7H18N2O2. The van der Waals surface area contributed by atoms with Gasteiger partial charge in [0, 0.05) is 5.92 Å². The van der Waals surface area contributed by atoms with Crippen LogP contribution in [0, 0.1) is 11.8 Å². The van der Waals surface area contributed by atoms with Crippen LogP contribution in [0.15, 0.2) is 0 Å². The van der Waals surface area contributed by atoms with Crippen LogP contribution in [0.5, 0.6) is 0 Å². The fourth-order valence-electron chi connectivity index (χ4n) is 0.634. The number of primary amides is 1. The molecule has 68 valence electrons. The summed E-state index contributed by atoms with van der Waals surface area (Å²) in [5.41, 5.74) is 5.07. The molecule has 0 rings (SSSR count). The summed E-state index contributed by atoms with van der Waals surface area (Å²) in [6.45, 7) is 5.97. The smallest absolute Gasteiger partial charge is 0.220 e. The maximum Gasteiger partial charge on any atom is 0.220 e. The van der Waals surface area contributed by atoms with Gasteiger partial charge in [-0.2, -0.15) is 0 Å². The highest BCUT2D eigenvalue weighted by Crippen LogP contribution is 2.12. The van der Waals surface area contributed by atoms with E-state index in [9.17, 15) is 4.79 Å². The van der Waals surface area contributed by atoms with Crippen molar-refractivity contribution in [3.8, 4) is 0 Å². The number of amides is 1. The summed E-state index contributed by atoms with van der Waals surface area (Å²) in [6.07, 6.45) is 1.02. The van der Waals surface area contributed by atoms with Crippen molar-refractivity contribution in [1.29, 1.82) is 0 Å². The van der Waals surface area contributed by atoms with Crippen LogP contribution in [-0.4, -0.2) is 11.1 Å². The van der Waals surface area contributed by atoms with Crippen molar-refractivity contribution in [3.63, 3.8) is 0 Å².